The predicted molar refractivity (Wildman–Crippen MR) is 67.3 cm³/mol. The van der Waals surface area contributed by atoms with Crippen LogP contribution in [0, 0.1) is 0 Å². The van der Waals surface area contributed by atoms with E-state index < -0.39 is 15.4 Å². The molecule has 0 radical (unpaired) electrons. The molecule has 0 spiro atoms. The number of nitrogens with one attached hydrogen (secondary N) is 1. The minimum absolute atomic E-state index is 0.0833. The summed E-state index contributed by atoms with van der Waals surface area (Å²) in [6, 6.07) is 0. The van der Waals surface area contributed by atoms with Crippen LogP contribution in [-0.4, -0.2) is 43.7 Å². The summed E-state index contributed by atoms with van der Waals surface area (Å²) >= 11 is 0. The molecule has 0 saturated heterocycles. The molecule has 98 valence electrons. The van der Waals surface area contributed by atoms with E-state index in [0.29, 0.717) is 19.3 Å². The van der Waals surface area contributed by atoms with Gasteiger partial charge in [0, 0.05) is 5.75 Å². The second kappa shape index (κ2) is 7.25. The van der Waals surface area contributed by atoms with Crippen LogP contribution < -0.4 is 5.32 Å². The average Bonchev–Trinajstić information content (AvgIpc) is 2.16. The maximum Gasteiger partial charge on any atom is 0.150 e. The Labute approximate surface area is 99.4 Å². The fraction of sp³-hybridized carbons (Fsp3) is 1.00. The second-order valence-electron chi connectivity index (χ2n) is 4.50. The standard InChI is InChI=1S/C11H25NO3S/c1-4-9-16(14,15)10-7-11(3,13)6-8-12-5-2/h12-13H,4-10H2,1-3H3. The summed E-state index contributed by atoms with van der Waals surface area (Å²) in [6.45, 7) is 7.13. The molecule has 0 aliphatic heterocycles. The third kappa shape index (κ3) is 8.07. The minimum atomic E-state index is -2.98. The Balaban J connectivity index is 3.97. The summed E-state index contributed by atoms with van der Waals surface area (Å²) in [4.78, 5) is 0. The first-order valence-electron chi connectivity index (χ1n) is 5.96. The van der Waals surface area contributed by atoms with Gasteiger partial charge in [-0.2, -0.15) is 0 Å². The Morgan fingerprint density at radius 2 is 1.81 bits per heavy atom. The normalized spacial score (nSPS) is 16.0. The van der Waals surface area contributed by atoms with Crippen molar-refractivity contribution in [2.24, 2.45) is 0 Å². The van der Waals surface area contributed by atoms with E-state index in [4.69, 9.17) is 0 Å². The molecule has 5 heteroatoms. The van der Waals surface area contributed by atoms with Crippen LogP contribution in [0.3, 0.4) is 0 Å². The van der Waals surface area contributed by atoms with Gasteiger partial charge in [0.25, 0.3) is 0 Å². The van der Waals surface area contributed by atoms with Gasteiger partial charge in [0.15, 0.2) is 0 Å². The molecule has 0 heterocycles. The maximum absolute atomic E-state index is 11.5. The highest BCUT2D eigenvalue weighted by molar-refractivity contribution is 7.91. The van der Waals surface area contributed by atoms with Crippen molar-refractivity contribution in [3.8, 4) is 0 Å². The van der Waals surface area contributed by atoms with E-state index in [1.807, 2.05) is 13.8 Å². The summed E-state index contributed by atoms with van der Waals surface area (Å²) in [5.74, 6) is 0.302. The number of sulfone groups is 1. The predicted octanol–water partition coefficient (Wildman–Crippen LogP) is 0.952. The molecule has 16 heavy (non-hydrogen) atoms. The van der Waals surface area contributed by atoms with E-state index >= 15 is 0 Å². The van der Waals surface area contributed by atoms with Crippen LogP contribution in [0.5, 0.6) is 0 Å². The average molecular weight is 251 g/mol. The molecule has 0 bridgehead atoms. The molecular weight excluding hydrogens is 226 g/mol. The highest BCUT2D eigenvalue weighted by Crippen LogP contribution is 2.15. The molecule has 0 aromatic carbocycles. The first kappa shape index (κ1) is 15.9. The van der Waals surface area contributed by atoms with Crippen molar-refractivity contribution in [1.82, 2.24) is 5.32 Å². The van der Waals surface area contributed by atoms with Gasteiger partial charge < -0.3 is 10.4 Å². The lowest BCUT2D eigenvalue weighted by molar-refractivity contribution is 0.0481. The summed E-state index contributed by atoms with van der Waals surface area (Å²) in [5.41, 5.74) is -0.886. The van der Waals surface area contributed by atoms with Crippen LogP contribution in [0.15, 0.2) is 0 Å². The third-order valence-electron chi connectivity index (χ3n) is 2.56. The lowest BCUT2D eigenvalue weighted by Gasteiger charge is -2.23. The topological polar surface area (TPSA) is 66.4 Å². The van der Waals surface area contributed by atoms with Gasteiger partial charge in [-0.1, -0.05) is 13.8 Å². The van der Waals surface area contributed by atoms with Gasteiger partial charge in [-0.25, -0.2) is 8.42 Å². The van der Waals surface area contributed by atoms with Gasteiger partial charge in [-0.15, -0.1) is 0 Å². The van der Waals surface area contributed by atoms with Crippen LogP contribution in [0.1, 0.15) is 40.0 Å². The van der Waals surface area contributed by atoms with Gasteiger partial charge in [-0.3, -0.25) is 0 Å². The van der Waals surface area contributed by atoms with E-state index in [0.717, 1.165) is 13.1 Å². The fourth-order valence-electron chi connectivity index (χ4n) is 1.45. The zero-order chi connectivity index (χ0) is 12.7. The molecule has 1 unspecified atom stereocenters. The minimum Gasteiger partial charge on any atom is -0.390 e. The molecule has 4 nitrogen and oxygen atoms in total. The van der Waals surface area contributed by atoms with Crippen molar-refractivity contribution in [2.75, 3.05) is 24.6 Å². The zero-order valence-corrected chi connectivity index (χ0v) is 11.4. The SMILES string of the molecule is CCCS(=O)(=O)CCC(C)(O)CCNCC. The zero-order valence-electron chi connectivity index (χ0n) is 10.6. The molecule has 0 saturated carbocycles. The molecule has 1 atom stereocenters. The molecule has 2 N–H and O–H groups in total. The Morgan fingerprint density at radius 1 is 1.19 bits per heavy atom. The van der Waals surface area contributed by atoms with E-state index in [1.165, 1.54) is 0 Å². The summed E-state index contributed by atoms with van der Waals surface area (Å²) in [7, 11) is -2.98. The molecule has 0 rings (SSSR count). The van der Waals surface area contributed by atoms with Gasteiger partial charge in [-0.05, 0) is 39.3 Å². The first-order valence-corrected chi connectivity index (χ1v) is 7.78. The van der Waals surface area contributed by atoms with Crippen LogP contribution in [-0.2, 0) is 9.84 Å². The molecule has 0 fully saturated rings. The second-order valence-corrected chi connectivity index (χ2v) is 6.81. The van der Waals surface area contributed by atoms with Crippen molar-refractivity contribution in [3.63, 3.8) is 0 Å². The molecule has 0 aliphatic carbocycles. The molecule has 0 aliphatic rings. The third-order valence-corrected chi connectivity index (χ3v) is 4.41. The molecule has 0 aromatic rings. The highest BCUT2D eigenvalue weighted by atomic mass is 32.2. The van der Waals surface area contributed by atoms with E-state index in [1.54, 1.807) is 6.92 Å². The fourth-order valence-corrected chi connectivity index (χ4v) is 3.02. The number of hydrogen-bond donors (Lipinski definition) is 2. The van der Waals surface area contributed by atoms with Crippen molar-refractivity contribution < 1.29 is 13.5 Å². The van der Waals surface area contributed by atoms with Crippen molar-refractivity contribution >= 4 is 9.84 Å². The highest BCUT2D eigenvalue weighted by Gasteiger charge is 2.22. The van der Waals surface area contributed by atoms with E-state index in [-0.39, 0.29) is 11.5 Å². The van der Waals surface area contributed by atoms with Crippen molar-refractivity contribution in [2.45, 2.75) is 45.6 Å². The molecule has 0 amide bonds. The quantitative estimate of drug-likeness (QED) is 0.599. The number of aliphatic hydroxyl groups is 1. The first-order chi connectivity index (χ1) is 7.33. The summed E-state index contributed by atoms with van der Waals surface area (Å²) in [5, 5.41) is 13.1. The Kier molecular flexibility index (Phi) is 7.19. The van der Waals surface area contributed by atoms with E-state index in [2.05, 4.69) is 5.32 Å². The molecule has 0 aromatic heterocycles. The van der Waals surface area contributed by atoms with Gasteiger partial charge in [0.2, 0.25) is 0 Å². The monoisotopic (exact) mass is 251 g/mol. The largest absolute Gasteiger partial charge is 0.390 e. The smallest absolute Gasteiger partial charge is 0.150 e. The van der Waals surface area contributed by atoms with Crippen LogP contribution >= 0.6 is 0 Å². The maximum atomic E-state index is 11.5. The Hall–Kier alpha value is -0.130. The van der Waals surface area contributed by atoms with Crippen LogP contribution in [0.4, 0.5) is 0 Å². The van der Waals surface area contributed by atoms with Crippen molar-refractivity contribution in [1.29, 1.82) is 0 Å². The van der Waals surface area contributed by atoms with Crippen LogP contribution in [0.25, 0.3) is 0 Å². The lowest BCUT2D eigenvalue weighted by Crippen LogP contribution is -2.32. The molecular formula is C11H25NO3S. The number of rotatable bonds is 9. The van der Waals surface area contributed by atoms with E-state index in [9.17, 15) is 13.5 Å². The summed E-state index contributed by atoms with van der Waals surface area (Å²) < 4.78 is 23.0. The Bertz CT molecular complexity index is 273. The number of hydrogen-bond acceptors (Lipinski definition) is 4. The Morgan fingerprint density at radius 3 is 2.31 bits per heavy atom. The van der Waals surface area contributed by atoms with Gasteiger partial charge >= 0.3 is 0 Å². The summed E-state index contributed by atoms with van der Waals surface area (Å²) in [6.07, 6.45) is 1.55. The van der Waals surface area contributed by atoms with Crippen LogP contribution in [0.2, 0.25) is 0 Å². The van der Waals surface area contributed by atoms with Crippen molar-refractivity contribution in [3.05, 3.63) is 0 Å². The lowest BCUT2D eigenvalue weighted by atomic mass is 9.99. The van der Waals surface area contributed by atoms with Gasteiger partial charge in [0.1, 0.15) is 9.84 Å². The van der Waals surface area contributed by atoms with Gasteiger partial charge in [0.05, 0.1) is 11.4 Å².